The Hall–Kier alpha value is -1.51. The van der Waals surface area contributed by atoms with Crippen LogP contribution in [0.25, 0.3) is 0 Å². The van der Waals surface area contributed by atoms with Crippen LogP contribution in [-0.2, 0) is 12.8 Å². The molecule has 0 amide bonds. The number of aryl methyl sites for hydroxylation is 1. The Balaban J connectivity index is 1.64. The van der Waals surface area contributed by atoms with Crippen LogP contribution in [0.15, 0.2) is 42.5 Å². The molecule has 0 aliphatic heterocycles. The third kappa shape index (κ3) is 3.39. The van der Waals surface area contributed by atoms with Crippen LogP contribution < -0.4 is 11.1 Å². The molecular formula is C18H21ClN2. The van der Waals surface area contributed by atoms with Gasteiger partial charge in [-0.1, -0.05) is 29.8 Å². The summed E-state index contributed by atoms with van der Waals surface area (Å²) in [5.41, 5.74) is 10.8. The van der Waals surface area contributed by atoms with Crippen molar-refractivity contribution in [2.45, 2.75) is 38.3 Å². The lowest BCUT2D eigenvalue weighted by atomic mass is 10.0. The zero-order chi connectivity index (χ0) is 14.8. The third-order valence-corrected chi connectivity index (χ3v) is 4.44. The lowest BCUT2D eigenvalue weighted by molar-refractivity contribution is 0.451. The van der Waals surface area contributed by atoms with E-state index in [1.54, 1.807) is 0 Å². The molecule has 0 saturated carbocycles. The summed E-state index contributed by atoms with van der Waals surface area (Å²) in [6.07, 6.45) is 3.29. The summed E-state index contributed by atoms with van der Waals surface area (Å²) in [5.74, 6) is 0. The van der Waals surface area contributed by atoms with Gasteiger partial charge in [-0.2, -0.15) is 0 Å². The fourth-order valence-electron chi connectivity index (χ4n) is 3.19. The molecule has 3 heteroatoms. The molecule has 2 unspecified atom stereocenters. The molecule has 3 N–H and O–H groups in total. The van der Waals surface area contributed by atoms with Crippen molar-refractivity contribution in [2.24, 2.45) is 0 Å². The van der Waals surface area contributed by atoms with Crippen molar-refractivity contribution in [3.8, 4) is 0 Å². The highest BCUT2D eigenvalue weighted by atomic mass is 35.5. The van der Waals surface area contributed by atoms with Gasteiger partial charge < -0.3 is 11.1 Å². The highest BCUT2D eigenvalue weighted by Gasteiger charge is 2.23. The summed E-state index contributed by atoms with van der Waals surface area (Å²) in [7, 11) is 0. The number of nitrogens with one attached hydrogen (secondary N) is 1. The van der Waals surface area contributed by atoms with Crippen LogP contribution in [0.2, 0.25) is 5.02 Å². The second-order valence-electron chi connectivity index (χ2n) is 5.95. The zero-order valence-corrected chi connectivity index (χ0v) is 13.0. The van der Waals surface area contributed by atoms with Gasteiger partial charge in [-0.05, 0) is 67.1 Å². The number of hydrogen-bond donors (Lipinski definition) is 2. The maximum absolute atomic E-state index is 5.93. The highest BCUT2D eigenvalue weighted by Crippen LogP contribution is 2.32. The molecule has 0 aromatic heterocycles. The topological polar surface area (TPSA) is 38.0 Å². The van der Waals surface area contributed by atoms with Crippen molar-refractivity contribution in [3.05, 3.63) is 64.2 Å². The first-order valence-corrected chi connectivity index (χ1v) is 7.88. The van der Waals surface area contributed by atoms with E-state index < -0.39 is 0 Å². The van der Waals surface area contributed by atoms with Crippen LogP contribution in [0.3, 0.4) is 0 Å². The van der Waals surface area contributed by atoms with Gasteiger partial charge in [-0.25, -0.2) is 0 Å². The predicted molar refractivity (Wildman–Crippen MR) is 89.7 cm³/mol. The first-order chi connectivity index (χ1) is 10.1. The third-order valence-electron chi connectivity index (χ3n) is 4.19. The molecule has 0 fully saturated rings. The Morgan fingerprint density at radius 2 is 2.00 bits per heavy atom. The molecule has 2 aromatic rings. The standard InChI is InChI=1S/C18H21ClN2/c1-12(10-13-2-5-15(19)6-3-13)21-18-9-4-14-11-16(20)7-8-17(14)18/h2-3,5-8,11-12,18,21H,4,9-10,20H2,1H3. The molecule has 3 rings (SSSR count). The number of fused-ring (bicyclic) bond motifs is 1. The Labute approximate surface area is 131 Å². The molecule has 2 nitrogen and oxygen atoms in total. The van der Waals surface area contributed by atoms with E-state index >= 15 is 0 Å². The summed E-state index contributed by atoms with van der Waals surface area (Å²) < 4.78 is 0. The van der Waals surface area contributed by atoms with E-state index in [0.29, 0.717) is 12.1 Å². The Kier molecular flexibility index (Phi) is 4.18. The average Bonchev–Trinajstić information content (AvgIpc) is 2.83. The maximum atomic E-state index is 5.93. The van der Waals surface area contributed by atoms with Gasteiger partial charge in [0.2, 0.25) is 0 Å². The maximum Gasteiger partial charge on any atom is 0.0406 e. The van der Waals surface area contributed by atoms with Crippen molar-refractivity contribution in [1.82, 2.24) is 5.32 Å². The van der Waals surface area contributed by atoms with Crippen molar-refractivity contribution in [3.63, 3.8) is 0 Å². The van der Waals surface area contributed by atoms with E-state index in [9.17, 15) is 0 Å². The molecule has 0 saturated heterocycles. The minimum absolute atomic E-state index is 0.430. The van der Waals surface area contributed by atoms with Gasteiger partial charge in [-0.3, -0.25) is 0 Å². The first-order valence-electron chi connectivity index (χ1n) is 7.50. The van der Waals surface area contributed by atoms with Gasteiger partial charge >= 0.3 is 0 Å². The zero-order valence-electron chi connectivity index (χ0n) is 12.3. The SMILES string of the molecule is CC(Cc1ccc(Cl)cc1)NC1CCc2cc(N)ccc21. The van der Waals surface area contributed by atoms with Crippen LogP contribution in [0, 0.1) is 0 Å². The van der Waals surface area contributed by atoms with Crippen LogP contribution in [0.5, 0.6) is 0 Å². The van der Waals surface area contributed by atoms with Crippen molar-refractivity contribution in [2.75, 3.05) is 5.73 Å². The van der Waals surface area contributed by atoms with Gasteiger partial charge in [-0.15, -0.1) is 0 Å². The van der Waals surface area contributed by atoms with E-state index in [4.69, 9.17) is 17.3 Å². The lowest BCUT2D eigenvalue weighted by Crippen LogP contribution is -2.31. The van der Waals surface area contributed by atoms with Gasteiger partial charge in [0.1, 0.15) is 0 Å². The molecule has 0 heterocycles. The van der Waals surface area contributed by atoms with Crippen molar-refractivity contribution < 1.29 is 0 Å². The first kappa shape index (κ1) is 14.4. The summed E-state index contributed by atoms with van der Waals surface area (Å²) >= 11 is 5.93. The average molecular weight is 301 g/mol. The number of rotatable bonds is 4. The fraction of sp³-hybridized carbons (Fsp3) is 0.333. The van der Waals surface area contributed by atoms with E-state index in [0.717, 1.165) is 30.0 Å². The molecule has 2 atom stereocenters. The van der Waals surface area contributed by atoms with Crippen LogP contribution >= 0.6 is 11.6 Å². The van der Waals surface area contributed by atoms with Crippen molar-refractivity contribution >= 4 is 17.3 Å². The van der Waals surface area contributed by atoms with E-state index in [1.807, 2.05) is 18.2 Å². The Morgan fingerprint density at radius 3 is 2.76 bits per heavy atom. The van der Waals surface area contributed by atoms with Gasteiger partial charge in [0.05, 0.1) is 0 Å². The molecule has 1 aliphatic rings. The summed E-state index contributed by atoms with van der Waals surface area (Å²) in [5, 5.41) is 4.54. The second-order valence-corrected chi connectivity index (χ2v) is 6.38. The van der Waals surface area contributed by atoms with Crippen molar-refractivity contribution in [1.29, 1.82) is 0 Å². The van der Waals surface area contributed by atoms with Crippen LogP contribution in [0.1, 0.15) is 36.1 Å². The predicted octanol–water partition coefficient (Wildman–Crippen LogP) is 4.13. The lowest BCUT2D eigenvalue weighted by Gasteiger charge is -2.20. The number of halogens is 1. The molecule has 0 bridgehead atoms. The van der Waals surface area contributed by atoms with E-state index in [-0.39, 0.29) is 0 Å². The van der Waals surface area contributed by atoms with E-state index in [2.05, 4.69) is 36.5 Å². The van der Waals surface area contributed by atoms with Crippen LogP contribution in [0.4, 0.5) is 5.69 Å². The van der Waals surface area contributed by atoms with Crippen LogP contribution in [-0.4, -0.2) is 6.04 Å². The number of anilines is 1. The molecule has 0 radical (unpaired) electrons. The number of benzene rings is 2. The van der Waals surface area contributed by atoms with E-state index in [1.165, 1.54) is 16.7 Å². The Morgan fingerprint density at radius 1 is 1.24 bits per heavy atom. The highest BCUT2D eigenvalue weighted by molar-refractivity contribution is 6.30. The quantitative estimate of drug-likeness (QED) is 0.833. The molecule has 0 spiro atoms. The molecular weight excluding hydrogens is 280 g/mol. The smallest absolute Gasteiger partial charge is 0.0406 e. The summed E-state index contributed by atoms with van der Waals surface area (Å²) in [6.45, 7) is 2.24. The fourth-order valence-corrected chi connectivity index (χ4v) is 3.31. The molecule has 2 aromatic carbocycles. The molecule has 110 valence electrons. The summed E-state index contributed by atoms with van der Waals surface area (Å²) in [6, 6.07) is 15.3. The summed E-state index contributed by atoms with van der Waals surface area (Å²) in [4.78, 5) is 0. The normalized spacial score (nSPS) is 18.5. The number of nitrogen functional groups attached to an aromatic ring is 1. The molecule has 1 aliphatic carbocycles. The second kappa shape index (κ2) is 6.08. The number of hydrogen-bond acceptors (Lipinski definition) is 2. The minimum atomic E-state index is 0.430. The monoisotopic (exact) mass is 300 g/mol. The van der Waals surface area contributed by atoms with Gasteiger partial charge in [0.15, 0.2) is 0 Å². The minimum Gasteiger partial charge on any atom is -0.399 e. The van der Waals surface area contributed by atoms with Gasteiger partial charge in [0, 0.05) is 22.8 Å². The number of nitrogens with two attached hydrogens (primary N) is 1. The molecule has 21 heavy (non-hydrogen) atoms. The largest absolute Gasteiger partial charge is 0.399 e. The van der Waals surface area contributed by atoms with Gasteiger partial charge in [0.25, 0.3) is 0 Å². The Bertz CT molecular complexity index is 622.